The van der Waals surface area contributed by atoms with Gasteiger partial charge in [0.25, 0.3) is 0 Å². The molecule has 14 heavy (non-hydrogen) atoms. The Balaban J connectivity index is 2.45. The van der Waals surface area contributed by atoms with Crippen LogP contribution in [-0.4, -0.2) is 20.6 Å². The van der Waals surface area contributed by atoms with Crippen molar-refractivity contribution in [2.45, 2.75) is 26.2 Å². The highest BCUT2D eigenvalue weighted by molar-refractivity contribution is 5.83. The van der Waals surface area contributed by atoms with Crippen LogP contribution in [0.3, 0.4) is 0 Å². The van der Waals surface area contributed by atoms with Crippen LogP contribution in [-0.2, 0) is 19.9 Å². The largest absolute Gasteiger partial charge is 0.475 e. The second kappa shape index (κ2) is 3.12. The van der Waals surface area contributed by atoms with Crippen LogP contribution >= 0.6 is 0 Å². The topological polar surface area (TPSA) is 55.1 Å². The van der Waals surface area contributed by atoms with Gasteiger partial charge in [0.05, 0.1) is 5.69 Å². The maximum absolute atomic E-state index is 10.8. The van der Waals surface area contributed by atoms with E-state index in [4.69, 9.17) is 5.11 Å². The normalized spacial score (nSPS) is 20.6. The van der Waals surface area contributed by atoms with Gasteiger partial charge in [-0.1, -0.05) is 6.92 Å². The summed E-state index contributed by atoms with van der Waals surface area (Å²) in [7, 11) is 1.78. The summed E-state index contributed by atoms with van der Waals surface area (Å²) in [6, 6.07) is 0. The predicted molar refractivity (Wildman–Crippen MR) is 51.4 cm³/mol. The molecule has 1 N–H and O–H groups in total. The molecule has 1 atom stereocenters. The van der Waals surface area contributed by atoms with Crippen molar-refractivity contribution in [3.8, 4) is 0 Å². The molecule has 76 valence electrons. The van der Waals surface area contributed by atoms with Crippen molar-refractivity contribution in [1.82, 2.24) is 9.55 Å². The van der Waals surface area contributed by atoms with Crippen molar-refractivity contribution in [2.24, 2.45) is 13.0 Å². The number of hydrogen-bond acceptors (Lipinski definition) is 2. The zero-order chi connectivity index (χ0) is 10.3. The third-order valence-corrected chi connectivity index (χ3v) is 2.90. The molecule has 0 radical (unpaired) electrons. The fraction of sp³-hybridized carbons (Fsp3) is 0.600. The van der Waals surface area contributed by atoms with E-state index in [1.54, 1.807) is 11.6 Å². The number of carboxylic acid groups (broad SMARTS) is 1. The number of rotatable bonds is 1. The van der Waals surface area contributed by atoms with Gasteiger partial charge in [-0.25, -0.2) is 9.78 Å². The number of hydrogen-bond donors (Lipinski definition) is 1. The molecule has 1 heterocycles. The van der Waals surface area contributed by atoms with Crippen LogP contribution in [0.15, 0.2) is 0 Å². The van der Waals surface area contributed by atoms with Gasteiger partial charge in [-0.3, -0.25) is 0 Å². The van der Waals surface area contributed by atoms with Gasteiger partial charge in [-0.15, -0.1) is 0 Å². The molecule has 0 bridgehead atoms. The van der Waals surface area contributed by atoms with Crippen LogP contribution in [0, 0.1) is 5.92 Å². The highest BCUT2D eigenvalue weighted by Crippen LogP contribution is 2.25. The average Bonchev–Trinajstić information content (AvgIpc) is 2.43. The molecule has 0 aliphatic heterocycles. The highest BCUT2D eigenvalue weighted by Gasteiger charge is 2.24. The standard InChI is InChI=1S/C10H14N2O2/c1-6-3-4-8-7(5-6)11-9(10(13)14)12(8)2/h6H,3-5H2,1-2H3,(H,13,14). The first-order valence-corrected chi connectivity index (χ1v) is 4.87. The zero-order valence-electron chi connectivity index (χ0n) is 8.45. The summed E-state index contributed by atoms with van der Waals surface area (Å²) in [6.45, 7) is 2.18. The van der Waals surface area contributed by atoms with E-state index in [1.807, 2.05) is 0 Å². The van der Waals surface area contributed by atoms with Gasteiger partial charge in [-0.05, 0) is 25.2 Å². The Morgan fingerprint density at radius 3 is 3.00 bits per heavy atom. The lowest BCUT2D eigenvalue weighted by molar-refractivity contribution is 0.0679. The quantitative estimate of drug-likeness (QED) is 0.731. The van der Waals surface area contributed by atoms with Gasteiger partial charge in [0.2, 0.25) is 5.82 Å². The van der Waals surface area contributed by atoms with Gasteiger partial charge >= 0.3 is 5.97 Å². The molecule has 0 fully saturated rings. The number of fused-ring (bicyclic) bond motifs is 1. The first kappa shape index (κ1) is 9.24. The van der Waals surface area contributed by atoms with Gasteiger partial charge in [-0.2, -0.15) is 0 Å². The molecule has 2 rings (SSSR count). The summed E-state index contributed by atoms with van der Waals surface area (Å²) in [6.07, 6.45) is 3.00. The molecule has 0 saturated heterocycles. The Bertz CT molecular complexity index is 382. The summed E-state index contributed by atoms with van der Waals surface area (Å²) in [4.78, 5) is 15.0. The van der Waals surface area contributed by atoms with E-state index in [-0.39, 0.29) is 5.82 Å². The number of carbonyl (C=O) groups is 1. The van der Waals surface area contributed by atoms with Crippen LogP contribution < -0.4 is 0 Å². The van der Waals surface area contributed by atoms with Crippen molar-refractivity contribution < 1.29 is 9.90 Å². The Hall–Kier alpha value is -1.32. The van der Waals surface area contributed by atoms with Gasteiger partial charge in [0, 0.05) is 12.7 Å². The highest BCUT2D eigenvalue weighted by atomic mass is 16.4. The van der Waals surface area contributed by atoms with Crippen molar-refractivity contribution >= 4 is 5.97 Å². The summed E-state index contributed by atoms with van der Waals surface area (Å²) in [5.74, 6) is -0.141. The molecule has 4 nitrogen and oxygen atoms in total. The maximum atomic E-state index is 10.8. The van der Waals surface area contributed by atoms with E-state index in [9.17, 15) is 4.79 Å². The minimum atomic E-state index is -0.936. The summed E-state index contributed by atoms with van der Waals surface area (Å²) < 4.78 is 1.71. The van der Waals surface area contributed by atoms with E-state index in [2.05, 4.69) is 11.9 Å². The first-order chi connectivity index (χ1) is 6.59. The molecular weight excluding hydrogens is 180 g/mol. The Morgan fingerprint density at radius 2 is 2.36 bits per heavy atom. The van der Waals surface area contributed by atoms with E-state index < -0.39 is 5.97 Å². The predicted octanol–water partition coefficient (Wildman–Crippen LogP) is 1.24. The van der Waals surface area contributed by atoms with Gasteiger partial charge in [0.1, 0.15) is 0 Å². The second-order valence-corrected chi connectivity index (χ2v) is 4.04. The van der Waals surface area contributed by atoms with Crippen molar-refractivity contribution in [1.29, 1.82) is 0 Å². The van der Waals surface area contributed by atoms with Crippen molar-refractivity contribution in [3.05, 3.63) is 17.2 Å². The molecule has 1 aliphatic rings. The molecule has 0 spiro atoms. The molecule has 4 heteroatoms. The summed E-state index contributed by atoms with van der Waals surface area (Å²) in [5.41, 5.74) is 2.07. The average molecular weight is 194 g/mol. The fourth-order valence-corrected chi connectivity index (χ4v) is 2.07. The monoisotopic (exact) mass is 194 g/mol. The molecular formula is C10H14N2O2. The van der Waals surface area contributed by atoms with E-state index in [0.717, 1.165) is 30.7 Å². The lowest BCUT2D eigenvalue weighted by Crippen LogP contribution is -2.13. The van der Waals surface area contributed by atoms with Gasteiger partial charge in [0.15, 0.2) is 0 Å². The lowest BCUT2D eigenvalue weighted by atomic mass is 9.91. The van der Waals surface area contributed by atoms with Crippen LogP contribution in [0.5, 0.6) is 0 Å². The molecule has 1 aliphatic carbocycles. The third kappa shape index (κ3) is 1.31. The SMILES string of the molecule is CC1CCc2c(nc(C(=O)O)n2C)C1. The maximum Gasteiger partial charge on any atom is 0.372 e. The molecule has 1 unspecified atom stereocenters. The van der Waals surface area contributed by atoms with E-state index in [1.165, 1.54) is 0 Å². The summed E-state index contributed by atoms with van der Waals surface area (Å²) in [5, 5.41) is 8.90. The molecule has 0 amide bonds. The molecule has 1 aromatic heterocycles. The Morgan fingerprint density at radius 1 is 1.64 bits per heavy atom. The smallest absolute Gasteiger partial charge is 0.372 e. The van der Waals surface area contributed by atoms with Crippen LogP contribution in [0.1, 0.15) is 35.4 Å². The molecule has 1 aromatic rings. The number of aromatic carboxylic acids is 1. The lowest BCUT2D eigenvalue weighted by Gasteiger charge is -2.17. The van der Waals surface area contributed by atoms with E-state index >= 15 is 0 Å². The summed E-state index contributed by atoms with van der Waals surface area (Å²) >= 11 is 0. The third-order valence-electron chi connectivity index (χ3n) is 2.90. The number of aromatic nitrogens is 2. The van der Waals surface area contributed by atoms with Crippen LogP contribution in [0.2, 0.25) is 0 Å². The minimum Gasteiger partial charge on any atom is -0.475 e. The van der Waals surface area contributed by atoms with Crippen LogP contribution in [0.4, 0.5) is 0 Å². The first-order valence-electron chi connectivity index (χ1n) is 4.87. The fourth-order valence-electron chi connectivity index (χ4n) is 2.07. The second-order valence-electron chi connectivity index (χ2n) is 4.04. The van der Waals surface area contributed by atoms with Gasteiger partial charge < -0.3 is 9.67 Å². The van der Waals surface area contributed by atoms with Crippen LogP contribution in [0.25, 0.3) is 0 Å². The Kier molecular flexibility index (Phi) is 2.06. The van der Waals surface area contributed by atoms with Crippen molar-refractivity contribution in [3.63, 3.8) is 0 Å². The number of nitrogens with zero attached hydrogens (tertiary/aromatic N) is 2. The number of carboxylic acids is 1. The Labute approximate surface area is 82.6 Å². The van der Waals surface area contributed by atoms with E-state index in [0.29, 0.717) is 5.92 Å². The number of imidazole rings is 1. The molecule has 0 saturated carbocycles. The van der Waals surface area contributed by atoms with Crippen molar-refractivity contribution in [2.75, 3.05) is 0 Å². The zero-order valence-corrected chi connectivity index (χ0v) is 8.45. The molecule has 0 aromatic carbocycles. The minimum absolute atomic E-state index is 0.170.